The van der Waals surface area contributed by atoms with Gasteiger partial charge in [-0.25, -0.2) is 15.0 Å². The van der Waals surface area contributed by atoms with E-state index in [9.17, 15) is 0 Å². The average Bonchev–Trinajstić information content (AvgIpc) is 2.75. The second-order valence-corrected chi connectivity index (χ2v) is 7.59. The molecule has 7 heteroatoms. The van der Waals surface area contributed by atoms with Crippen molar-refractivity contribution in [3.63, 3.8) is 0 Å². The minimum absolute atomic E-state index is 0.257. The van der Waals surface area contributed by atoms with Crippen LogP contribution in [0.15, 0.2) is 54.9 Å². The van der Waals surface area contributed by atoms with Gasteiger partial charge in [0.25, 0.3) is 0 Å². The summed E-state index contributed by atoms with van der Waals surface area (Å²) in [5, 5.41) is 4.01. The van der Waals surface area contributed by atoms with E-state index in [-0.39, 0.29) is 6.17 Å². The summed E-state index contributed by atoms with van der Waals surface area (Å²) in [7, 11) is 0. The number of pyridine rings is 1. The molecule has 0 aliphatic rings. The van der Waals surface area contributed by atoms with Crippen LogP contribution in [0.5, 0.6) is 0 Å². The van der Waals surface area contributed by atoms with Gasteiger partial charge >= 0.3 is 0 Å². The minimum atomic E-state index is -0.257. The highest BCUT2D eigenvalue weighted by Crippen LogP contribution is 2.29. The van der Waals surface area contributed by atoms with Crippen molar-refractivity contribution >= 4 is 29.1 Å². The van der Waals surface area contributed by atoms with E-state index in [2.05, 4.69) is 29.1 Å². The predicted molar refractivity (Wildman–Crippen MR) is 125 cm³/mol. The molecule has 6 nitrogen and oxygen atoms in total. The lowest BCUT2D eigenvalue weighted by atomic mass is 10.2. The summed E-state index contributed by atoms with van der Waals surface area (Å²) < 4.78 is 0. The van der Waals surface area contributed by atoms with E-state index in [1.165, 1.54) is 0 Å². The first kappa shape index (κ1) is 22.0. The molecular weight excluding hydrogens is 396 g/mol. The first-order valence-corrected chi connectivity index (χ1v) is 10.8. The number of benzene rings is 1. The van der Waals surface area contributed by atoms with Crippen molar-refractivity contribution in [3.05, 3.63) is 59.9 Å². The van der Waals surface area contributed by atoms with Crippen molar-refractivity contribution in [2.75, 3.05) is 16.8 Å². The highest BCUT2D eigenvalue weighted by atomic mass is 35.5. The Bertz CT molecular complexity index is 948. The van der Waals surface area contributed by atoms with E-state index < -0.39 is 0 Å². The van der Waals surface area contributed by atoms with Crippen LogP contribution in [0.25, 0.3) is 11.3 Å². The number of anilines is 3. The molecule has 3 aromatic rings. The molecule has 0 radical (unpaired) electrons. The summed E-state index contributed by atoms with van der Waals surface area (Å²) in [4.78, 5) is 15.7. The van der Waals surface area contributed by atoms with E-state index in [0.717, 1.165) is 55.0 Å². The molecule has 2 heterocycles. The molecule has 3 rings (SSSR count). The van der Waals surface area contributed by atoms with Crippen LogP contribution in [0, 0.1) is 0 Å². The third-order valence-electron chi connectivity index (χ3n) is 4.75. The zero-order valence-corrected chi connectivity index (χ0v) is 18.3. The lowest BCUT2D eigenvalue weighted by Gasteiger charge is -2.29. The molecule has 158 valence electrons. The highest BCUT2D eigenvalue weighted by molar-refractivity contribution is 6.30. The van der Waals surface area contributed by atoms with Gasteiger partial charge < -0.3 is 11.1 Å². The van der Waals surface area contributed by atoms with E-state index in [1.54, 1.807) is 12.4 Å². The van der Waals surface area contributed by atoms with Crippen LogP contribution in [0.2, 0.25) is 5.02 Å². The van der Waals surface area contributed by atoms with Crippen molar-refractivity contribution in [2.45, 2.75) is 45.7 Å². The maximum atomic E-state index is 6.51. The van der Waals surface area contributed by atoms with Crippen LogP contribution in [0.4, 0.5) is 17.5 Å². The van der Waals surface area contributed by atoms with E-state index in [1.807, 2.05) is 47.4 Å². The minimum Gasteiger partial charge on any atom is -0.370 e. The Hall–Kier alpha value is -2.70. The number of halogens is 1. The normalized spacial score (nSPS) is 11.9. The molecule has 0 aliphatic carbocycles. The molecule has 0 spiro atoms. The molecule has 0 aliphatic heterocycles. The summed E-state index contributed by atoms with van der Waals surface area (Å²) in [6, 6.07) is 13.5. The van der Waals surface area contributed by atoms with Gasteiger partial charge in [0.1, 0.15) is 5.82 Å². The van der Waals surface area contributed by atoms with Gasteiger partial charge in [0.15, 0.2) is 0 Å². The van der Waals surface area contributed by atoms with E-state index in [0.29, 0.717) is 11.0 Å². The highest BCUT2D eigenvalue weighted by Gasteiger charge is 2.20. The predicted octanol–water partition coefficient (Wildman–Crippen LogP) is 5.63. The van der Waals surface area contributed by atoms with Crippen LogP contribution in [-0.2, 0) is 0 Å². The Labute approximate surface area is 183 Å². The van der Waals surface area contributed by atoms with Gasteiger partial charge in [-0.05, 0) is 49.2 Å². The number of rotatable bonds is 10. The molecule has 1 atom stereocenters. The standard InChI is InChI=1S/C23H29ClN6/c1-3-5-12-26-22-15-17(10-13-27-22)20-11-14-28-23(29-20)30(21(25)7-4-2)19-9-6-8-18(24)16-19/h6,8-11,13-16,21H,3-5,7,12,25H2,1-2H3,(H,26,27). The fourth-order valence-corrected chi connectivity index (χ4v) is 3.40. The Morgan fingerprint density at radius 3 is 2.67 bits per heavy atom. The van der Waals surface area contributed by atoms with Crippen LogP contribution in [0.1, 0.15) is 39.5 Å². The third kappa shape index (κ3) is 5.68. The van der Waals surface area contributed by atoms with Crippen LogP contribution >= 0.6 is 11.6 Å². The topological polar surface area (TPSA) is 80.0 Å². The molecule has 2 aromatic heterocycles. The summed E-state index contributed by atoms with van der Waals surface area (Å²) in [5.74, 6) is 1.39. The van der Waals surface area contributed by atoms with Crippen LogP contribution < -0.4 is 16.0 Å². The molecule has 0 saturated carbocycles. The summed E-state index contributed by atoms with van der Waals surface area (Å²) >= 11 is 6.23. The van der Waals surface area contributed by atoms with E-state index >= 15 is 0 Å². The van der Waals surface area contributed by atoms with Gasteiger partial charge in [-0.15, -0.1) is 0 Å². The summed E-state index contributed by atoms with van der Waals surface area (Å²) in [5.41, 5.74) is 9.17. The molecule has 3 N–H and O–H groups in total. The maximum Gasteiger partial charge on any atom is 0.231 e. The Kier molecular flexibility index (Phi) is 7.99. The smallest absolute Gasteiger partial charge is 0.231 e. The molecule has 1 aromatic carbocycles. The number of hydrogen-bond acceptors (Lipinski definition) is 6. The van der Waals surface area contributed by atoms with Crippen LogP contribution in [-0.4, -0.2) is 27.7 Å². The number of nitrogens with one attached hydrogen (secondary N) is 1. The first-order valence-electron chi connectivity index (χ1n) is 10.5. The third-order valence-corrected chi connectivity index (χ3v) is 4.99. The number of nitrogens with zero attached hydrogens (tertiary/aromatic N) is 4. The second-order valence-electron chi connectivity index (χ2n) is 7.16. The molecule has 0 fully saturated rings. The molecule has 0 amide bonds. The Morgan fingerprint density at radius 1 is 1.07 bits per heavy atom. The van der Waals surface area contributed by atoms with Crippen molar-refractivity contribution in [1.82, 2.24) is 15.0 Å². The SMILES string of the molecule is CCCCNc1cc(-c2ccnc(N(c3cccc(Cl)c3)C(N)CCC)n2)ccn1. The van der Waals surface area contributed by atoms with Gasteiger partial charge in [-0.2, -0.15) is 0 Å². The molecule has 0 bridgehead atoms. The zero-order chi connectivity index (χ0) is 21.3. The van der Waals surface area contributed by atoms with Gasteiger partial charge in [0.05, 0.1) is 11.9 Å². The molecule has 0 saturated heterocycles. The van der Waals surface area contributed by atoms with Gasteiger partial charge in [-0.3, -0.25) is 4.90 Å². The average molecular weight is 425 g/mol. The van der Waals surface area contributed by atoms with Gasteiger partial charge in [0, 0.05) is 35.2 Å². The number of aromatic nitrogens is 3. The molecule has 30 heavy (non-hydrogen) atoms. The van der Waals surface area contributed by atoms with Crippen molar-refractivity contribution in [2.24, 2.45) is 5.73 Å². The van der Waals surface area contributed by atoms with Crippen molar-refractivity contribution < 1.29 is 0 Å². The Balaban J connectivity index is 1.94. The molecule has 1 unspecified atom stereocenters. The monoisotopic (exact) mass is 424 g/mol. The quantitative estimate of drug-likeness (QED) is 0.324. The zero-order valence-electron chi connectivity index (χ0n) is 17.6. The largest absolute Gasteiger partial charge is 0.370 e. The number of unbranched alkanes of at least 4 members (excludes halogenated alkanes) is 1. The lowest BCUT2D eigenvalue weighted by Crippen LogP contribution is -2.39. The maximum absolute atomic E-state index is 6.51. The fraction of sp³-hybridized carbons (Fsp3) is 0.348. The first-order chi connectivity index (χ1) is 14.6. The van der Waals surface area contributed by atoms with Crippen LogP contribution in [0.3, 0.4) is 0 Å². The molecular formula is C23H29ClN6. The van der Waals surface area contributed by atoms with Crippen molar-refractivity contribution in [1.29, 1.82) is 0 Å². The van der Waals surface area contributed by atoms with Gasteiger partial charge in [-0.1, -0.05) is 44.4 Å². The fourth-order valence-electron chi connectivity index (χ4n) is 3.21. The number of nitrogens with two attached hydrogens (primary N) is 1. The summed E-state index contributed by atoms with van der Waals surface area (Å²) in [6.45, 7) is 5.18. The second kappa shape index (κ2) is 10.9. The Morgan fingerprint density at radius 2 is 1.90 bits per heavy atom. The van der Waals surface area contributed by atoms with E-state index in [4.69, 9.17) is 22.3 Å². The number of hydrogen-bond donors (Lipinski definition) is 2. The lowest BCUT2D eigenvalue weighted by molar-refractivity contribution is 0.601. The van der Waals surface area contributed by atoms with Crippen molar-refractivity contribution in [3.8, 4) is 11.3 Å². The van der Waals surface area contributed by atoms with Gasteiger partial charge in [0.2, 0.25) is 5.95 Å². The summed E-state index contributed by atoms with van der Waals surface area (Å²) in [6.07, 6.45) is 7.30.